The van der Waals surface area contributed by atoms with Gasteiger partial charge in [-0.05, 0) is 96.3 Å². The number of Topliss-reactive ketones (excluding diaryl/α,β-unsaturated/α-hetero) is 1. The van der Waals surface area contributed by atoms with E-state index in [1.54, 1.807) is 62.8 Å². The van der Waals surface area contributed by atoms with E-state index in [0.29, 0.717) is 11.1 Å². The second kappa shape index (κ2) is 21.7. The third-order valence-corrected chi connectivity index (χ3v) is 7.81. The molecule has 252 valence electrons. The van der Waals surface area contributed by atoms with Crippen molar-refractivity contribution >= 4 is 55.8 Å². The van der Waals surface area contributed by atoms with Gasteiger partial charge in [-0.2, -0.15) is 0 Å². The van der Waals surface area contributed by atoms with Crippen molar-refractivity contribution in [1.29, 1.82) is 0 Å². The van der Waals surface area contributed by atoms with Gasteiger partial charge in [-0.15, -0.1) is 0 Å². The lowest BCUT2D eigenvalue weighted by atomic mass is 10.0. The summed E-state index contributed by atoms with van der Waals surface area (Å²) in [5, 5.41) is 7.57. The summed E-state index contributed by atoms with van der Waals surface area (Å²) in [4.78, 5) is 41.4. The number of rotatable bonds is 7. The minimum absolute atomic E-state index is 0.00571. The first kappa shape index (κ1) is 39.3. The van der Waals surface area contributed by atoms with Crippen molar-refractivity contribution in [3.05, 3.63) is 183 Å². The Morgan fingerprint density at radius 2 is 1.04 bits per heavy atom. The quantitative estimate of drug-likeness (QED) is 0.0982. The van der Waals surface area contributed by atoms with Gasteiger partial charge in [0.1, 0.15) is 6.29 Å². The molecule has 0 atom stereocenters. The van der Waals surface area contributed by atoms with Gasteiger partial charge in [0.15, 0.2) is 11.6 Å². The molecule has 1 N–H and O–H groups in total. The fraction of sp³-hybridized carbons (Fsp3) is 0.0714. The average molecular weight is 793 g/mol. The molecule has 0 fully saturated rings. The van der Waals surface area contributed by atoms with Crippen LogP contribution in [0.5, 0.6) is 0 Å². The van der Waals surface area contributed by atoms with Crippen molar-refractivity contribution in [2.24, 2.45) is 0 Å². The number of aromatic nitrogens is 2. The number of carbonyl (C=O) groups excluding carboxylic acids is 3. The van der Waals surface area contributed by atoms with Crippen LogP contribution in [-0.2, 0) is 0 Å². The van der Waals surface area contributed by atoms with Crippen LogP contribution in [0.3, 0.4) is 0 Å². The van der Waals surface area contributed by atoms with E-state index in [0.717, 1.165) is 48.6 Å². The number of benzene rings is 4. The number of aliphatic hydroxyl groups excluding tert-OH is 1. The van der Waals surface area contributed by atoms with E-state index in [9.17, 15) is 14.4 Å². The van der Waals surface area contributed by atoms with E-state index in [1.165, 1.54) is 0 Å². The van der Waals surface area contributed by atoms with Gasteiger partial charge >= 0.3 is 0 Å². The van der Waals surface area contributed by atoms with Gasteiger partial charge in [0.2, 0.25) is 0 Å². The molecule has 0 spiro atoms. The minimum atomic E-state index is -0.00571. The second-order valence-electron chi connectivity index (χ2n) is 10.4. The molecule has 0 radical (unpaired) electrons. The smallest absolute Gasteiger partial charge is 0.185 e. The molecule has 0 aliphatic heterocycles. The molecule has 0 saturated heterocycles. The van der Waals surface area contributed by atoms with Crippen molar-refractivity contribution < 1.29 is 19.5 Å². The lowest BCUT2D eigenvalue weighted by molar-refractivity contribution is 0.101. The molecule has 6 rings (SSSR count). The monoisotopic (exact) mass is 790 g/mol. The molecule has 6 aromatic rings. The predicted molar refractivity (Wildman–Crippen MR) is 209 cm³/mol. The number of aldehydes is 1. The molecule has 8 heteroatoms. The van der Waals surface area contributed by atoms with Gasteiger partial charge in [-0.1, -0.05) is 111 Å². The zero-order chi connectivity index (χ0) is 36.1. The molecular formula is C42H36Br2N2O4. The van der Waals surface area contributed by atoms with Crippen LogP contribution in [0, 0.1) is 0 Å². The highest BCUT2D eigenvalue weighted by Crippen LogP contribution is 2.20. The summed E-state index contributed by atoms with van der Waals surface area (Å²) in [5.41, 5.74) is 7.43. The highest BCUT2D eigenvalue weighted by atomic mass is 79.9. The number of pyridine rings is 2. The lowest BCUT2D eigenvalue weighted by Crippen LogP contribution is -1.93. The highest BCUT2D eigenvalue weighted by Gasteiger charge is 2.02. The normalized spacial score (nSPS) is 9.94. The molecule has 2 aromatic heterocycles. The van der Waals surface area contributed by atoms with Gasteiger partial charge in [0, 0.05) is 57.0 Å². The number of hydrogen-bond acceptors (Lipinski definition) is 6. The van der Waals surface area contributed by atoms with E-state index < -0.39 is 0 Å². The summed E-state index contributed by atoms with van der Waals surface area (Å²) < 4.78 is 1.96. The van der Waals surface area contributed by atoms with E-state index >= 15 is 0 Å². The highest BCUT2D eigenvalue weighted by molar-refractivity contribution is 9.10. The molecule has 0 aliphatic carbocycles. The maximum atomic E-state index is 12.1. The van der Waals surface area contributed by atoms with Crippen molar-refractivity contribution in [2.45, 2.75) is 13.8 Å². The Bertz CT molecular complexity index is 1930. The summed E-state index contributed by atoms with van der Waals surface area (Å²) >= 11 is 6.65. The third-order valence-electron chi connectivity index (χ3n) is 6.75. The molecule has 6 nitrogen and oxygen atoms in total. The fourth-order valence-electron chi connectivity index (χ4n) is 4.17. The molecule has 0 saturated carbocycles. The molecule has 4 aromatic carbocycles. The second-order valence-corrected chi connectivity index (χ2v) is 12.3. The third kappa shape index (κ3) is 13.8. The SMILES string of the molecule is CC(=O)c1ccc(Br)cc1.CCO.O=C(/C=C/c1ccc(-c2cccnc2)cc1)c1ccc(Br)cc1.O=Cc1ccc(-c2cccnc2)cc1. The Hall–Kier alpha value is -5.15. The maximum Gasteiger partial charge on any atom is 0.185 e. The summed E-state index contributed by atoms with van der Waals surface area (Å²) in [6.07, 6.45) is 11.4. The minimum Gasteiger partial charge on any atom is -0.397 e. The van der Waals surface area contributed by atoms with E-state index in [2.05, 4.69) is 41.8 Å². The van der Waals surface area contributed by atoms with Crippen LogP contribution < -0.4 is 0 Å². The fourth-order valence-corrected chi connectivity index (χ4v) is 4.70. The number of carbonyl (C=O) groups is 3. The van der Waals surface area contributed by atoms with Crippen LogP contribution >= 0.6 is 31.9 Å². The van der Waals surface area contributed by atoms with Crippen LogP contribution in [0.4, 0.5) is 0 Å². The van der Waals surface area contributed by atoms with Gasteiger partial charge in [-0.3, -0.25) is 24.4 Å². The Morgan fingerprint density at radius 1 is 0.620 bits per heavy atom. The van der Waals surface area contributed by atoms with Crippen LogP contribution in [0.25, 0.3) is 28.3 Å². The van der Waals surface area contributed by atoms with Gasteiger partial charge in [0.25, 0.3) is 0 Å². The molecule has 2 heterocycles. The van der Waals surface area contributed by atoms with Crippen molar-refractivity contribution in [2.75, 3.05) is 6.61 Å². The largest absolute Gasteiger partial charge is 0.397 e. The number of hydrogen-bond donors (Lipinski definition) is 1. The molecular weight excluding hydrogens is 756 g/mol. The summed E-state index contributed by atoms with van der Waals surface area (Å²) in [5.74, 6) is 0.0985. The van der Waals surface area contributed by atoms with Crippen LogP contribution in [0.2, 0.25) is 0 Å². The first-order chi connectivity index (χ1) is 24.2. The van der Waals surface area contributed by atoms with E-state index in [1.807, 2.05) is 109 Å². The summed E-state index contributed by atoms with van der Waals surface area (Å²) in [7, 11) is 0. The topological polar surface area (TPSA) is 97.2 Å². The lowest BCUT2D eigenvalue weighted by Gasteiger charge is -2.01. The van der Waals surface area contributed by atoms with Crippen molar-refractivity contribution in [1.82, 2.24) is 9.97 Å². The molecule has 50 heavy (non-hydrogen) atoms. The Kier molecular flexibility index (Phi) is 17.1. The molecule has 0 aliphatic rings. The van der Waals surface area contributed by atoms with Gasteiger partial charge in [0.05, 0.1) is 0 Å². The van der Waals surface area contributed by atoms with Crippen molar-refractivity contribution in [3.63, 3.8) is 0 Å². The van der Waals surface area contributed by atoms with E-state index in [-0.39, 0.29) is 18.2 Å². The van der Waals surface area contributed by atoms with Crippen LogP contribution in [0.15, 0.2) is 161 Å². The Balaban J connectivity index is 0.000000213. The Labute approximate surface area is 309 Å². The summed E-state index contributed by atoms with van der Waals surface area (Å²) in [6, 6.07) is 38.0. The van der Waals surface area contributed by atoms with Crippen LogP contribution in [0.1, 0.15) is 50.5 Å². The molecule has 0 unspecified atom stereocenters. The summed E-state index contributed by atoms with van der Waals surface area (Å²) in [6.45, 7) is 3.49. The number of halogens is 2. The first-order valence-electron chi connectivity index (χ1n) is 15.6. The first-order valence-corrected chi connectivity index (χ1v) is 17.1. The average Bonchev–Trinajstić information content (AvgIpc) is 3.16. The Morgan fingerprint density at radius 3 is 1.42 bits per heavy atom. The van der Waals surface area contributed by atoms with Crippen molar-refractivity contribution in [3.8, 4) is 22.3 Å². The number of nitrogens with zero attached hydrogens (tertiary/aromatic N) is 2. The predicted octanol–water partition coefficient (Wildman–Crippen LogP) is 10.6. The molecule has 0 bridgehead atoms. The zero-order valence-electron chi connectivity index (χ0n) is 27.6. The number of ketones is 2. The maximum absolute atomic E-state index is 12.1. The molecule has 0 amide bonds. The standard InChI is InChI=1S/C20H14BrNO.C12H9NO.C8H7BrO.C2H6O/c21-19-10-8-17(9-11-19)20(23)12-5-15-3-6-16(7-4-15)18-2-1-13-22-14-18;14-9-10-3-5-11(6-4-10)12-2-1-7-13-8-12;1-6(10)7-2-4-8(9)5-3-7;1-2-3/h1-14H;1-9H;2-5H,1H3;3H,2H2,1H3/b12-5+;;;. The number of allylic oxidation sites excluding steroid dienone is 1. The van der Waals surface area contributed by atoms with Crippen LogP contribution in [-0.4, -0.2) is 39.5 Å². The zero-order valence-corrected chi connectivity index (χ0v) is 30.8. The van der Waals surface area contributed by atoms with E-state index in [4.69, 9.17) is 5.11 Å². The number of aliphatic hydroxyl groups is 1. The van der Waals surface area contributed by atoms with Gasteiger partial charge < -0.3 is 5.11 Å². The van der Waals surface area contributed by atoms with Gasteiger partial charge in [-0.25, -0.2) is 0 Å².